The number of carbonyl (C=O) groups is 1. The minimum absolute atomic E-state index is 0.0489. The third-order valence-electron chi connectivity index (χ3n) is 2.79. The molecule has 0 saturated heterocycles. The van der Waals surface area contributed by atoms with Crippen LogP contribution in [0.5, 0.6) is 11.5 Å². The molecule has 1 amide bonds. The van der Waals surface area contributed by atoms with Gasteiger partial charge in [-0.1, -0.05) is 11.6 Å². The Hall–Kier alpha value is -2.71. The number of phenolic OH excluding ortho intramolecular Hbond substituents is 1. The number of ether oxygens (including phenoxy) is 1. The van der Waals surface area contributed by atoms with Crippen molar-refractivity contribution in [2.45, 2.75) is 0 Å². The monoisotopic (exact) mass is 302 g/mol. The molecule has 0 fully saturated rings. The maximum atomic E-state index is 12.2. The number of benzene rings is 2. The lowest BCUT2D eigenvalue weighted by molar-refractivity contribution is 0.102. The van der Waals surface area contributed by atoms with Gasteiger partial charge in [0.15, 0.2) is 0 Å². The van der Waals surface area contributed by atoms with Crippen LogP contribution < -0.4 is 10.1 Å². The lowest BCUT2D eigenvalue weighted by Gasteiger charge is -2.10. The summed E-state index contributed by atoms with van der Waals surface area (Å²) in [5.74, 6) is -0.293. The molecule has 5 nitrogen and oxygen atoms in total. The zero-order valence-electron chi connectivity index (χ0n) is 11.1. The van der Waals surface area contributed by atoms with Crippen LogP contribution in [0.1, 0.15) is 15.9 Å². The molecule has 2 aromatic rings. The number of methoxy groups -OCH3 is 1. The summed E-state index contributed by atoms with van der Waals surface area (Å²) < 4.78 is 5.01. The summed E-state index contributed by atoms with van der Waals surface area (Å²) in [7, 11) is 1.46. The third kappa shape index (κ3) is 3.25. The molecule has 0 aromatic heterocycles. The standard InChI is InChI=1S/C15H11ClN2O3/c1-21-10-3-5-14(19)11(7-10)15(20)18-13-6-9(8-17)2-4-12(13)16/h2-7,19H,1H3,(H,18,20). The average molecular weight is 303 g/mol. The molecule has 106 valence electrons. The molecule has 0 atom stereocenters. The van der Waals surface area contributed by atoms with E-state index in [1.54, 1.807) is 6.07 Å². The maximum Gasteiger partial charge on any atom is 0.259 e. The first-order valence-corrected chi connectivity index (χ1v) is 6.31. The van der Waals surface area contributed by atoms with Crippen molar-refractivity contribution in [2.24, 2.45) is 0 Å². The molecule has 0 aliphatic rings. The minimum atomic E-state index is -0.552. The van der Waals surface area contributed by atoms with Gasteiger partial charge < -0.3 is 15.2 Å². The van der Waals surface area contributed by atoms with E-state index in [9.17, 15) is 9.90 Å². The van der Waals surface area contributed by atoms with E-state index in [0.29, 0.717) is 22.0 Å². The molecule has 0 saturated carbocycles. The summed E-state index contributed by atoms with van der Waals surface area (Å²) in [6, 6.07) is 10.8. The number of nitrogens with zero attached hydrogens (tertiary/aromatic N) is 1. The number of hydrogen-bond acceptors (Lipinski definition) is 4. The van der Waals surface area contributed by atoms with Crippen LogP contribution in [0.3, 0.4) is 0 Å². The van der Waals surface area contributed by atoms with E-state index in [1.165, 1.54) is 37.4 Å². The topological polar surface area (TPSA) is 82.3 Å². The molecular formula is C15H11ClN2O3. The largest absolute Gasteiger partial charge is 0.507 e. The summed E-state index contributed by atoms with van der Waals surface area (Å²) in [6.07, 6.45) is 0. The quantitative estimate of drug-likeness (QED) is 0.912. The fourth-order valence-corrected chi connectivity index (χ4v) is 1.87. The maximum absolute atomic E-state index is 12.2. The Morgan fingerprint density at radius 2 is 2.10 bits per heavy atom. The second-order valence-electron chi connectivity index (χ2n) is 4.14. The third-order valence-corrected chi connectivity index (χ3v) is 3.12. The van der Waals surface area contributed by atoms with E-state index in [0.717, 1.165) is 0 Å². The van der Waals surface area contributed by atoms with Crippen molar-refractivity contribution >= 4 is 23.2 Å². The van der Waals surface area contributed by atoms with E-state index in [2.05, 4.69) is 5.32 Å². The SMILES string of the molecule is COc1ccc(O)c(C(=O)Nc2cc(C#N)ccc2Cl)c1. The van der Waals surface area contributed by atoms with Crippen LogP contribution in [0.2, 0.25) is 5.02 Å². The highest BCUT2D eigenvalue weighted by atomic mass is 35.5. The Labute approximate surface area is 126 Å². The van der Waals surface area contributed by atoms with Gasteiger partial charge in [-0.3, -0.25) is 4.79 Å². The van der Waals surface area contributed by atoms with E-state index in [4.69, 9.17) is 21.6 Å². The van der Waals surface area contributed by atoms with Gasteiger partial charge in [-0.15, -0.1) is 0 Å². The molecule has 2 aromatic carbocycles. The second kappa shape index (κ2) is 6.16. The van der Waals surface area contributed by atoms with Crippen molar-refractivity contribution in [1.29, 1.82) is 5.26 Å². The Morgan fingerprint density at radius 3 is 2.76 bits per heavy atom. The number of hydrogen-bond donors (Lipinski definition) is 2. The lowest BCUT2D eigenvalue weighted by atomic mass is 10.1. The Bertz CT molecular complexity index is 738. The fraction of sp³-hybridized carbons (Fsp3) is 0.0667. The number of aromatic hydroxyl groups is 1. The number of nitrogens with one attached hydrogen (secondary N) is 1. The molecule has 2 N–H and O–H groups in total. The summed E-state index contributed by atoms with van der Waals surface area (Å²) in [5, 5.41) is 21.5. The lowest BCUT2D eigenvalue weighted by Crippen LogP contribution is -2.12. The zero-order valence-corrected chi connectivity index (χ0v) is 11.8. The average Bonchev–Trinajstić information content (AvgIpc) is 2.49. The number of phenols is 1. The van der Waals surface area contributed by atoms with E-state index in [1.807, 2.05) is 6.07 Å². The summed E-state index contributed by atoms with van der Waals surface area (Å²) >= 11 is 5.97. The smallest absolute Gasteiger partial charge is 0.259 e. The first kappa shape index (κ1) is 14.7. The van der Waals surface area contributed by atoms with Gasteiger partial charge in [-0.25, -0.2) is 0 Å². The molecule has 0 spiro atoms. The summed E-state index contributed by atoms with van der Waals surface area (Å²) in [6.45, 7) is 0. The van der Waals surface area contributed by atoms with Crippen molar-refractivity contribution in [1.82, 2.24) is 0 Å². The van der Waals surface area contributed by atoms with E-state index >= 15 is 0 Å². The van der Waals surface area contributed by atoms with Crippen LogP contribution in [0, 0.1) is 11.3 Å². The summed E-state index contributed by atoms with van der Waals surface area (Å²) in [5.41, 5.74) is 0.709. The zero-order chi connectivity index (χ0) is 15.4. The van der Waals surface area contributed by atoms with Crippen molar-refractivity contribution in [3.05, 3.63) is 52.5 Å². The molecule has 0 bridgehead atoms. The van der Waals surface area contributed by atoms with Crippen molar-refractivity contribution in [3.63, 3.8) is 0 Å². The number of carbonyl (C=O) groups excluding carboxylic acids is 1. The van der Waals surface area contributed by atoms with Gasteiger partial charge in [-0.2, -0.15) is 5.26 Å². The van der Waals surface area contributed by atoms with Crippen molar-refractivity contribution < 1.29 is 14.6 Å². The fourth-order valence-electron chi connectivity index (χ4n) is 1.70. The van der Waals surface area contributed by atoms with Crippen LogP contribution in [-0.2, 0) is 0 Å². The van der Waals surface area contributed by atoms with Gasteiger partial charge >= 0.3 is 0 Å². The molecule has 0 aliphatic heterocycles. The summed E-state index contributed by atoms with van der Waals surface area (Å²) in [4.78, 5) is 12.2. The predicted octanol–water partition coefficient (Wildman–Crippen LogP) is 3.18. The number of anilines is 1. The molecule has 0 heterocycles. The molecule has 0 aliphatic carbocycles. The van der Waals surface area contributed by atoms with Crippen LogP contribution in [0.4, 0.5) is 5.69 Å². The van der Waals surface area contributed by atoms with Crippen LogP contribution in [-0.4, -0.2) is 18.1 Å². The predicted molar refractivity (Wildman–Crippen MR) is 78.8 cm³/mol. The van der Waals surface area contributed by atoms with Gasteiger partial charge in [0.2, 0.25) is 0 Å². The number of halogens is 1. The van der Waals surface area contributed by atoms with Crippen LogP contribution in [0.25, 0.3) is 0 Å². The van der Waals surface area contributed by atoms with Gasteiger partial charge in [0.25, 0.3) is 5.91 Å². The molecular weight excluding hydrogens is 292 g/mol. The van der Waals surface area contributed by atoms with Crippen LogP contribution >= 0.6 is 11.6 Å². The Balaban J connectivity index is 2.32. The highest BCUT2D eigenvalue weighted by molar-refractivity contribution is 6.34. The molecule has 6 heteroatoms. The highest BCUT2D eigenvalue weighted by Crippen LogP contribution is 2.27. The molecule has 0 unspecified atom stereocenters. The Kier molecular flexibility index (Phi) is 4.31. The normalized spacial score (nSPS) is 9.76. The molecule has 2 rings (SSSR count). The van der Waals surface area contributed by atoms with Gasteiger partial charge in [0.1, 0.15) is 11.5 Å². The number of nitriles is 1. The molecule has 0 radical (unpaired) electrons. The van der Waals surface area contributed by atoms with Gasteiger partial charge in [-0.05, 0) is 36.4 Å². The van der Waals surface area contributed by atoms with E-state index in [-0.39, 0.29) is 11.3 Å². The van der Waals surface area contributed by atoms with Gasteiger partial charge in [0.05, 0.1) is 35.0 Å². The first-order valence-electron chi connectivity index (χ1n) is 5.93. The molecule has 21 heavy (non-hydrogen) atoms. The number of rotatable bonds is 3. The van der Waals surface area contributed by atoms with Crippen LogP contribution in [0.15, 0.2) is 36.4 Å². The van der Waals surface area contributed by atoms with Crippen molar-refractivity contribution in [3.8, 4) is 17.6 Å². The van der Waals surface area contributed by atoms with Crippen molar-refractivity contribution in [2.75, 3.05) is 12.4 Å². The van der Waals surface area contributed by atoms with E-state index < -0.39 is 5.91 Å². The Morgan fingerprint density at radius 1 is 1.33 bits per heavy atom. The highest BCUT2D eigenvalue weighted by Gasteiger charge is 2.14. The second-order valence-corrected chi connectivity index (χ2v) is 4.55. The first-order chi connectivity index (χ1) is 10.0. The number of amides is 1. The minimum Gasteiger partial charge on any atom is -0.507 e. The van der Waals surface area contributed by atoms with Gasteiger partial charge in [0, 0.05) is 0 Å².